The molecule has 8 heteroatoms. The number of sulfonamides is 1. The zero-order chi connectivity index (χ0) is 15.6. The van der Waals surface area contributed by atoms with Crippen molar-refractivity contribution in [3.8, 4) is 0 Å². The van der Waals surface area contributed by atoms with E-state index in [1.54, 1.807) is 12.1 Å². The van der Waals surface area contributed by atoms with Crippen molar-refractivity contribution in [2.45, 2.75) is 11.5 Å². The minimum Gasteiger partial charge on any atom is -0.392 e. The Labute approximate surface area is 134 Å². The van der Waals surface area contributed by atoms with E-state index in [-0.39, 0.29) is 12.3 Å². The summed E-state index contributed by atoms with van der Waals surface area (Å²) in [6.07, 6.45) is 0. The first kappa shape index (κ1) is 16.2. The van der Waals surface area contributed by atoms with E-state index in [1.165, 1.54) is 12.1 Å². The maximum absolute atomic E-state index is 13.7. The van der Waals surface area contributed by atoms with Gasteiger partial charge in [0.05, 0.1) is 12.3 Å². The highest BCUT2D eigenvalue weighted by molar-refractivity contribution is 9.10. The van der Waals surface area contributed by atoms with Gasteiger partial charge in [-0.25, -0.2) is 12.8 Å². The first-order valence-electron chi connectivity index (χ1n) is 5.70. The van der Waals surface area contributed by atoms with Crippen LogP contribution in [-0.4, -0.2) is 13.5 Å². The van der Waals surface area contributed by atoms with Gasteiger partial charge in [-0.15, -0.1) is 0 Å². The number of rotatable bonds is 4. The van der Waals surface area contributed by atoms with Gasteiger partial charge in [0.15, 0.2) is 0 Å². The fourth-order valence-electron chi connectivity index (χ4n) is 1.63. The van der Waals surface area contributed by atoms with Crippen LogP contribution < -0.4 is 4.72 Å². The Kier molecular flexibility index (Phi) is 4.88. The molecule has 2 aromatic carbocycles. The van der Waals surface area contributed by atoms with Gasteiger partial charge in [0, 0.05) is 9.50 Å². The molecule has 0 amide bonds. The summed E-state index contributed by atoms with van der Waals surface area (Å²) in [5.41, 5.74) is 0.484. The molecule has 2 rings (SSSR count). The van der Waals surface area contributed by atoms with Gasteiger partial charge < -0.3 is 5.11 Å². The lowest BCUT2D eigenvalue weighted by molar-refractivity contribution is 0.281. The highest BCUT2D eigenvalue weighted by Gasteiger charge is 2.20. The topological polar surface area (TPSA) is 66.4 Å². The second-order valence-electron chi connectivity index (χ2n) is 4.15. The molecule has 0 saturated heterocycles. The van der Waals surface area contributed by atoms with Gasteiger partial charge in [0.25, 0.3) is 10.0 Å². The van der Waals surface area contributed by atoms with E-state index in [0.29, 0.717) is 15.1 Å². The van der Waals surface area contributed by atoms with Crippen molar-refractivity contribution in [3.63, 3.8) is 0 Å². The van der Waals surface area contributed by atoms with Gasteiger partial charge >= 0.3 is 0 Å². The smallest absolute Gasteiger partial charge is 0.264 e. The molecule has 0 spiro atoms. The maximum Gasteiger partial charge on any atom is 0.264 e. The summed E-state index contributed by atoms with van der Waals surface area (Å²) in [6, 6.07) is 7.93. The van der Waals surface area contributed by atoms with Gasteiger partial charge in [-0.1, -0.05) is 17.7 Å². The molecule has 0 radical (unpaired) electrons. The summed E-state index contributed by atoms with van der Waals surface area (Å²) in [7, 11) is -4.14. The van der Waals surface area contributed by atoms with Crippen molar-refractivity contribution >= 4 is 43.2 Å². The fourth-order valence-corrected chi connectivity index (χ4v) is 3.48. The molecule has 0 aliphatic heterocycles. The van der Waals surface area contributed by atoms with Crippen molar-refractivity contribution in [1.29, 1.82) is 0 Å². The summed E-state index contributed by atoms with van der Waals surface area (Å²) in [5.74, 6) is -0.905. The second kappa shape index (κ2) is 6.31. The summed E-state index contributed by atoms with van der Waals surface area (Å²) in [5, 5.41) is 9.36. The van der Waals surface area contributed by atoms with Gasteiger partial charge in [-0.05, 0) is 51.8 Å². The molecule has 4 nitrogen and oxygen atoms in total. The number of aliphatic hydroxyl groups excluding tert-OH is 1. The lowest BCUT2D eigenvalue weighted by atomic mass is 10.2. The predicted octanol–water partition coefficient (Wildman–Crippen LogP) is 3.53. The summed E-state index contributed by atoms with van der Waals surface area (Å²) in [6.45, 7) is -0.385. The van der Waals surface area contributed by atoms with Crippen molar-refractivity contribution < 1.29 is 17.9 Å². The van der Waals surface area contributed by atoms with Crippen LogP contribution in [0.5, 0.6) is 0 Å². The number of hydrogen-bond acceptors (Lipinski definition) is 3. The zero-order valence-corrected chi connectivity index (χ0v) is 13.6. The highest BCUT2D eigenvalue weighted by atomic mass is 79.9. The molecule has 0 fully saturated rings. The molecule has 21 heavy (non-hydrogen) atoms. The van der Waals surface area contributed by atoms with Crippen molar-refractivity contribution in [3.05, 3.63) is 57.3 Å². The number of halogens is 3. The average molecular weight is 395 g/mol. The van der Waals surface area contributed by atoms with E-state index in [0.717, 1.165) is 12.1 Å². The van der Waals surface area contributed by atoms with E-state index < -0.39 is 20.7 Å². The van der Waals surface area contributed by atoms with Gasteiger partial charge in [-0.2, -0.15) is 0 Å². The standard InChI is InChI=1S/C13H10BrClFNO3S/c14-10-3-2-9(15)6-12(10)17-21(19,20)13-5-8(7-18)1-4-11(13)16/h1-6,17-18H,7H2. The molecule has 0 atom stereocenters. The Morgan fingerprint density at radius 2 is 1.95 bits per heavy atom. The Hall–Kier alpha value is -1.15. The summed E-state index contributed by atoms with van der Waals surface area (Å²) in [4.78, 5) is -0.541. The Balaban J connectivity index is 2.45. The fraction of sp³-hybridized carbons (Fsp3) is 0.0769. The van der Waals surface area contributed by atoms with Crippen LogP contribution in [0.4, 0.5) is 10.1 Å². The first-order chi connectivity index (χ1) is 9.83. The third-order valence-corrected chi connectivity index (χ3v) is 4.95. The molecule has 2 N–H and O–H groups in total. The molecule has 0 saturated carbocycles. The lowest BCUT2D eigenvalue weighted by Gasteiger charge is -2.11. The first-order valence-corrected chi connectivity index (χ1v) is 8.36. The Morgan fingerprint density at radius 1 is 1.24 bits per heavy atom. The molecule has 0 aliphatic carbocycles. The quantitative estimate of drug-likeness (QED) is 0.833. The summed E-state index contributed by atoms with van der Waals surface area (Å²) < 4.78 is 41.0. The van der Waals surface area contributed by atoms with E-state index >= 15 is 0 Å². The van der Waals surface area contributed by atoms with Crippen LogP contribution in [0.25, 0.3) is 0 Å². The minimum absolute atomic E-state index is 0.191. The van der Waals surface area contributed by atoms with Crippen LogP contribution in [0, 0.1) is 5.82 Å². The van der Waals surface area contributed by atoms with Crippen LogP contribution in [0.1, 0.15) is 5.56 Å². The largest absolute Gasteiger partial charge is 0.392 e. The normalized spacial score (nSPS) is 11.4. The molecular formula is C13H10BrClFNO3S. The lowest BCUT2D eigenvalue weighted by Crippen LogP contribution is -2.15. The number of anilines is 1. The van der Waals surface area contributed by atoms with E-state index in [1.807, 2.05) is 0 Å². The molecule has 0 heterocycles. The molecule has 0 bridgehead atoms. The van der Waals surface area contributed by atoms with Crippen LogP contribution >= 0.6 is 27.5 Å². The molecule has 0 aromatic heterocycles. The van der Waals surface area contributed by atoms with Crippen LogP contribution in [0.15, 0.2) is 45.8 Å². The Morgan fingerprint density at radius 3 is 2.62 bits per heavy atom. The van der Waals surface area contributed by atoms with Crippen molar-refractivity contribution in [1.82, 2.24) is 0 Å². The van der Waals surface area contributed by atoms with Gasteiger partial charge in [0.2, 0.25) is 0 Å². The third kappa shape index (κ3) is 3.74. The highest BCUT2D eigenvalue weighted by Crippen LogP contribution is 2.29. The number of benzene rings is 2. The van der Waals surface area contributed by atoms with Gasteiger partial charge in [-0.3, -0.25) is 4.72 Å². The van der Waals surface area contributed by atoms with Gasteiger partial charge in [0.1, 0.15) is 10.7 Å². The number of nitrogens with one attached hydrogen (secondary N) is 1. The predicted molar refractivity (Wildman–Crippen MR) is 82.3 cm³/mol. The molecular weight excluding hydrogens is 385 g/mol. The minimum atomic E-state index is -4.14. The second-order valence-corrected chi connectivity index (χ2v) is 7.09. The van der Waals surface area contributed by atoms with Crippen molar-refractivity contribution in [2.24, 2.45) is 0 Å². The molecule has 112 valence electrons. The average Bonchev–Trinajstić information content (AvgIpc) is 2.43. The van der Waals surface area contributed by atoms with E-state index in [9.17, 15) is 12.8 Å². The summed E-state index contributed by atoms with van der Waals surface area (Å²) >= 11 is 8.99. The van der Waals surface area contributed by atoms with Crippen LogP contribution in [0.2, 0.25) is 5.02 Å². The van der Waals surface area contributed by atoms with Crippen LogP contribution in [0.3, 0.4) is 0 Å². The molecule has 0 aliphatic rings. The van der Waals surface area contributed by atoms with E-state index in [2.05, 4.69) is 20.7 Å². The van der Waals surface area contributed by atoms with E-state index in [4.69, 9.17) is 16.7 Å². The van der Waals surface area contributed by atoms with Crippen molar-refractivity contribution in [2.75, 3.05) is 4.72 Å². The maximum atomic E-state index is 13.7. The van der Waals surface area contributed by atoms with Crippen LogP contribution in [-0.2, 0) is 16.6 Å². The monoisotopic (exact) mass is 393 g/mol. The number of hydrogen-bond donors (Lipinski definition) is 2. The Bertz CT molecular complexity index is 783. The zero-order valence-electron chi connectivity index (χ0n) is 10.5. The SMILES string of the molecule is O=S(=O)(Nc1cc(Cl)ccc1Br)c1cc(CO)ccc1F. The molecule has 0 unspecified atom stereocenters. The molecule has 2 aromatic rings. The third-order valence-electron chi connectivity index (χ3n) is 2.64. The number of aliphatic hydroxyl groups is 1.